The van der Waals surface area contributed by atoms with E-state index in [9.17, 15) is 19.2 Å². The van der Waals surface area contributed by atoms with Gasteiger partial charge in [-0.1, -0.05) is 0 Å². The minimum atomic E-state index is -1.27. The summed E-state index contributed by atoms with van der Waals surface area (Å²) >= 11 is 0.940. The zero-order valence-corrected chi connectivity index (χ0v) is 17.3. The number of ether oxygens (including phenoxy) is 6. The van der Waals surface area contributed by atoms with Crippen molar-refractivity contribution in [1.29, 1.82) is 5.26 Å². The molecule has 11 nitrogen and oxygen atoms in total. The molecule has 12 heteroatoms. The number of esters is 4. The van der Waals surface area contributed by atoms with E-state index in [0.29, 0.717) is 5.75 Å². The first-order valence-electron chi connectivity index (χ1n) is 8.58. The summed E-state index contributed by atoms with van der Waals surface area (Å²) in [6, 6.07) is 0. The van der Waals surface area contributed by atoms with Gasteiger partial charge in [0.2, 0.25) is 0 Å². The topological polar surface area (TPSA) is 147 Å². The molecule has 0 radical (unpaired) electrons. The fourth-order valence-electron chi connectivity index (χ4n) is 2.57. The second-order valence-corrected chi connectivity index (χ2v) is 6.76. The van der Waals surface area contributed by atoms with Gasteiger partial charge >= 0.3 is 23.9 Å². The maximum atomic E-state index is 11.6. The lowest BCUT2D eigenvalue weighted by Gasteiger charge is -2.44. The Morgan fingerprint density at radius 2 is 1.45 bits per heavy atom. The summed E-state index contributed by atoms with van der Waals surface area (Å²) in [5, 5.41) is 10.5. The highest BCUT2D eigenvalue weighted by Crippen LogP contribution is 2.30. The summed E-state index contributed by atoms with van der Waals surface area (Å²) in [6.07, 6.45) is -6.06. The van der Waals surface area contributed by atoms with Crippen LogP contribution in [-0.4, -0.2) is 73.5 Å². The Balaban J connectivity index is 3.19. The number of thioether (sulfide) groups is 1. The van der Waals surface area contributed by atoms with Gasteiger partial charge < -0.3 is 28.4 Å². The Kier molecular flexibility index (Phi) is 10.4. The second kappa shape index (κ2) is 12.3. The Morgan fingerprint density at radius 3 is 1.97 bits per heavy atom. The first-order chi connectivity index (χ1) is 13.6. The molecule has 0 bridgehead atoms. The van der Waals surface area contributed by atoms with Gasteiger partial charge in [-0.2, -0.15) is 5.26 Å². The van der Waals surface area contributed by atoms with Crippen LogP contribution in [0.25, 0.3) is 0 Å². The van der Waals surface area contributed by atoms with E-state index in [0.717, 1.165) is 32.5 Å². The molecule has 1 heterocycles. The van der Waals surface area contributed by atoms with Crippen LogP contribution in [0.2, 0.25) is 0 Å². The number of carbonyl (C=O) groups excluding carboxylic acids is 4. The van der Waals surface area contributed by atoms with Crippen molar-refractivity contribution in [2.24, 2.45) is 0 Å². The third-order valence-corrected chi connectivity index (χ3v) is 3.98. The molecular formula is C17H23NO10S. The maximum Gasteiger partial charge on any atom is 0.303 e. The van der Waals surface area contributed by atoms with Gasteiger partial charge in [0.15, 0.2) is 24.6 Å². The number of nitrogens with zero attached hydrogens (tertiary/aromatic N) is 1. The summed E-state index contributed by atoms with van der Waals surface area (Å²) in [5.74, 6) is -2.46. The molecule has 29 heavy (non-hydrogen) atoms. The average Bonchev–Trinajstić information content (AvgIpc) is 2.60. The van der Waals surface area contributed by atoms with Gasteiger partial charge in [0.25, 0.3) is 0 Å². The van der Waals surface area contributed by atoms with E-state index >= 15 is 0 Å². The molecule has 1 fully saturated rings. The fraction of sp³-hybridized carbons (Fsp3) is 0.706. The average molecular weight is 433 g/mol. The number of nitriles is 1. The van der Waals surface area contributed by atoms with Gasteiger partial charge in [-0.3, -0.25) is 19.2 Å². The van der Waals surface area contributed by atoms with Crippen molar-refractivity contribution in [1.82, 2.24) is 0 Å². The summed E-state index contributed by atoms with van der Waals surface area (Å²) in [4.78, 5) is 46.0. The molecule has 0 aromatic carbocycles. The van der Waals surface area contributed by atoms with Crippen LogP contribution in [0.3, 0.4) is 0 Å². The standard InChI is InChI=1S/C17H23NO10S/c1-9(19)24-7-13-14(25-10(2)20)15(26-11(3)21)16(27-12(4)22)17(28-13)23-5-6-29-8-18/h13-17H,5-7H2,1-4H3/t13-,14+,15+,16-,17-/m1/s1. The van der Waals surface area contributed by atoms with E-state index in [1.807, 2.05) is 5.40 Å². The Bertz CT molecular complexity index is 649. The van der Waals surface area contributed by atoms with Crippen LogP contribution in [0, 0.1) is 10.7 Å². The Hall–Kier alpha value is -2.36. The lowest BCUT2D eigenvalue weighted by Crippen LogP contribution is -2.63. The SMILES string of the molecule is CC(=O)OC[C@H]1O[C@@H](OCCSC#N)[C@H](OC(C)=O)[C@@H](OC(C)=O)[C@H]1OC(C)=O. The van der Waals surface area contributed by atoms with Gasteiger partial charge in [0.1, 0.15) is 18.1 Å². The molecule has 0 unspecified atom stereocenters. The first kappa shape index (κ1) is 24.7. The van der Waals surface area contributed by atoms with E-state index in [-0.39, 0.29) is 13.2 Å². The maximum absolute atomic E-state index is 11.6. The van der Waals surface area contributed by atoms with E-state index in [2.05, 4.69) is 0 Å². The molecule has 0 aromatic heterocycles. The van der Waals surface area contributed by atoms with E-state index in [1.54, 1.807) is 0 Å². The minimum absolute atomic E-state index is 0.0476. The van der Waals surface area contributed by atoms with Gasteiger partial charge in [-0.25, -0.2) is 0 Å². The molecule has 1 saturated heterocycles. The molecule has 5 atom stereocenters. The van der Waals surface area contributed by atoms with Crippen molar-refractivity contribution in [3.05, 3.63) is 0 Å². The van der Waals surface area contributed by atoms with E-state index in [1.165, 1.54) is 6.92 Å². The summed E-state index contributed by atoms with van der Waals surface area (Å²) in [5.41, 5.74) is 0. The molecule has 1 aliphatic heterocycles. The third-order valence-electron chi connectivity index (χ3n) is 3.48. The van der Waals surface area contributed by atoms with Crippen molar-refractivity contribution in [3.8, 4) is 5.40 Å². The lowest BCUT2D eigenvalue weighted by molar-refractivity contribution is -0.307. The van der Waals surface area contributed by atoms with Crippen molar-refractivity contribution < 1.29 is 47.6 Å². The number of rotatable bonds is 9. The quantitative estimate of drug-likeness (QED) is 0.213. The van der Waals surface area contributed by atoms with Crippen molar-refractivity contribution in [2.45, 2.75) is 58.4 Å². The van der Waals surface area contributed by atoms with Gasteiger partial charge in [-0.15, -0.1) is 0 Å². The second-order valence-electron chi connectivity index (χ2n) is 5.88. The highest BCUT2D eigenvalue weighted by molar-refractivity contribution is 8.03. The van der Waals surface area contributed by atoms with Crippen molar-refractivity contribution in [2.75, 3.05) is 19.0 Å². The lowest BCUT2D eigenvalue weighted by atomic mass is 9.98. The van der Waals surface area contributed by atoms with Gasteiger partial charge in [0.05, 0.1) is 6.61 Å². The molecule has 0 spiro atoms. The predicted molar refractivity (Wildman–Crippen MR) is 96.0 cm³/mol. The van der Waals surface area contributed by atoms with Gasteiger partial charge in [0, 0.05) is 33.4 Å². The monoisotopic (exact) mass is 433 g/mol. The highest BCUT2D eigenvalue weighted by atomic mass is 32.2. The zero-order chi connectivity index (χ0) is 22.0. The largest absolute Gasteiger partial charge is 0.463 e. The van der Waals surface area contributed by atoms with Crippen molar-refractivity contribution in [3.63, 3.8) is 0 Å². The van der Waals surface area contributed by atoms with Gasteiger partial charge in [-0.05, 0) is 11.8 Å². The Morgan fingerprint density at radius 1 is 0.897 bits per heavy atom. The molecular weight excluding hydrogens is 410 g/mol. The Labute approximate surface area is 171 Å². The predicted octanol–water partition coefficient (Wildman–Crippen LogP) is 0.300. The normalized spacial score (nSPS) is 26.0. The van der Waals surface area contributed by atoms with Crippen LogP contribution < -0.4 is 0 Å². The summed E-state index contributed by atoms with van der Waals surface area (Å²) in [6.45, 7) is 4.31. The van der Waals surface area contributed by atoms with Crippen LogP contribution >= 0.6 is 11.8 Å². The number of thiocyanates is 1. The number of carbonyl (C=O) groups is 4. The summed E-state index contributed by atoms with van der Waals surface area (Å²) in [7, 11) is 0. The third kappa shape index (κ3) is 8.68. The smallest absolute Gasteiger partial charge is 0.303 e. The molecule has 0 aliphatic carbocycles. The molecule has 0 N–H and O–H groups in total. The minimum Gasteiger partial charge on any atom is -0.463 e. The van der Waals surface area contributed by atoms with Crippen LogP contribution in [0.1, 0.15) is 27.7 Å². The van der Waals surface area contributed by atoms with E-state index < -0.39 is 54.6 Å². The van der Waals surface area contributed by atoms with Crippen LogP contribution in [0.15, 0.2) is 0 Å². The van der Waals surface area contributed by atoms with Crippen LogP contribution in [0.4, 0.5) is 0 Å². The molecule has 162 valence electrons. The summed E-state index contributed by atoms with van der Waals surface area (Å²) < 4.78 is 31.9. The first-order valence-corrected chi connectivity index (χ1v) is 9.57. The molecule has 0 amide bonds. The zero-order valence-electron chi connectivity index (χ0n) is 16.4. The number of hydrogen-bond acceptors (Lipinski definition) is 12. The van der Waals surface area contributed by atoms with Crippen molar-refractivity contribution >= 4 is 35.6 Å². The molecule has 1 aliphatic rings. The molecule has 1 rings (SSSR count). The number of hydrogen-bond donors (Lipinski definition) is 0. The van der Waals surface area contributed by atoms with E-state index in [4.69, 9.17) is 33.7 Å². The van der Waals surface area contributed by atoms with Crippen LogP contribution in [-0.2, 0) is 47.6 Å². The molecule has 0 aromatic rings. The highest BCUT2D eigenvalue weighted by Gasteiger charge is 2.52. The van der Waals surface area contributed by atoms with Crippen LogP contribution in [0.5, 0.6) is 0 Å². The molecule has 0 saturated carbocycles. The fourth-order valence-corrected chi connectivity index (χ4v) is 2.85.